The summed E-state index contributed by atoms with van der Waals surface area (Å²) in [4.78, 5) is 26.8. The standard InChI is InChI=1S/C24H28N6O2/c1-17-21(23(31)29-11-9-28(10-12-29)13-14-32-2)16-26-30(17)24-25-15-19-8-7-18-5-3-4-6-20(18)22(19)27-24/h3-6,15-16H,7-14H2,1-2H3. The Kier molecular flexibility index (Phi) is 5.71. The van der Waals surface area contributed by atoms with Crippen LogP contribution in [0, 0.1) is 6.92 Å². The number of fused-ring (bicyclic) bond motifs is 3. The number of hydrogen-bond acceptors (Lipinski definition) is 6. The van der Waals surface area contributed by atoms with Crippen molar-refractivity contribution in [3.05, 3.63) is 59.0 Å². The lowest BCUT2D eigenvalue weighted by atomic mass is 9.90. The highest BCUT2D eigenvalue weighted by Gasteiger charge is 2.26. The number of rotatable bonds is 5. The fourth-order valence-electron chi connectivity index (χ4n) is 4.54. The van der Waals surface area contributed by atoms with Gasteiger partial charge in [-0.05, 0) is 30.9 Å². The number of aromatic nitrogens is 4. The van der Waals surface area contributed by atoms with Crippen molar-refractivity contribution in [2.24, 2.45) is 0 Å². The normalized spacial score (nSPS) is 16.0. The molecular formula is C24H28N6O2. The second-order valence-electron chi connectivity index (χ2n) is 8.38. The first-order chi connectivity index (χ1) is 15.7. The van der Waals surface area contributed by atoms with Crippen LogP contribution in [0.25, 0.3) is 17.2 Å². The molecule has 8 heteroatoms. The van der Waals surface area contributed by atoms with Crippen LogP contribution in [0.4, 0.5) is 0 Å². The molecular weight excluding hydrogens is 404 g/mol. The molecule has 0 atom stereocenters. The fraction of sp³-hybridized carbons (Fsp3) is 0.417. The quantitative estimate of drug-likeness (QED) is 0.615. The highest BCUT2D eigenvalue weighted by molar-refractivity contribution is 5.95. The lowest BCUT2D eigenvalue weighted by Crippen LogP contribution is -2.49. The maximum Gasteiger partial charge on any atom is 0.257 e. The first-order valence-electron chi connectivity index (χ1n) is 11.2. The van der Waals surface area contributed by atoms with Crippen LogP contribution in [0.1, 0.15) is 27.2 Å². The van der Waals surface area contributed by atoms with Crippen molar-refractivity contribution < 1.29 is 9.53 Å². The van der Waals surface area contributed by atoms with Crippen molar-refractivity contribution in [2.75, 3.05) is 46.4 Å². The molecule has 0 unspecified atom stereocenters. The summed E-state index contributed by atoms with van der Waals surface area (Å²) in [5.74, 6) is 0.518. The van der Waals surface area contributed by atoms with E-state index in [-0.39, 0.29) is 5.91 Å². The van der Waals surface area contributed by atoms with Crippen molar-refractivity contribution >= 4 is 5.91 Å². The third-order valence-corrected chi connectivity index (χ3v) is 6.49. The van der Waals surface area contributed by atoms with Crippen LogP contribution in [0.2, 0.25) is 0 Å². The molecule has 1 fully saturated rings. The number of amides is 1. The monoisotopic (exact) mass is 432 g/mol. The molecule has 0 N–H and O–H groups in total. The van der Waals surface area contributed by atoms with Gasteiger partial charge in [-0.3, -0.25) is 9.69 Å². The molecule has 1 saturated heterocycles. The van der Waals surface area contributed by atoms with E-state index in [2.05, 4.69) is 33.2 Å². The van der Waals surface area contributed by atoms with Gasteiger partial charge in [-0.1, -0.05) is 24.3 Å². The minimum absolute atomic E-state index is 0.0171. The van der Waals surface area contributed by atoms with E-state index in [0.717, 1.165) is 55.0 Å². The summed E-state index contributed by atoms with van der Waals surface area (Å²) in [6, 6.07) is 8.38. The maximum absolute atomic E-state index is 13.2. The number of carbonyl (C=O) groups excluding carboxylic acids is 1. The lowest BCUT2D eigenvalue weighted by molar-refractivity contribution is 0.0593. The SMILES string of the molecule is COCCN1CCN(C(=O)c2cnn(-c3ncc4c(n3)-c3ccccc3CC4)c2C)CC1. The molecule has 0 spiro atoms. The van der Waals surface area contributed by atoms with Gasteiger partial charge in [-0.2, -0.15) is 5.10 Å². The van der Waals surface area contributed by atoms with Crippen LogP contribution in [0.5, 0.6) is 0 Å². The molecule has 1 aliphatic heterocycles. The molecule has 1 aromatic carbocycles. The van der Waals surface area contributed by atoms with Gasteiger partial charge in [-0.25, -0.2) is 14.6 Å². The summed E-state index contributed by atoms with van der Waals surface area (Å²) in [6.07, 6.45) is 5.48. The second-order valence-corrected chi connectivity index (χ2v) is 8.38. The molecule has 2 aliphatic rings. The average molecular weight is 433 g/mol. The highest BCUT2D eigenvalue weighted by Crippen LogP contribution is 2.31. The molecule has 3 aromatic rings. The topological polar surface area (TPSA) is 76.4 Å². The van der Waals surface area contributed by atoms with E-state index in [1.807, 2.05) is 24.1 Å². The van der Waals surface area contributed by atoms with Gasteiger partial charge in [0.15, 0.2) is 0 Å². The molecule has 5 rings (SSSR count). The zero-order valence-electron chi connectivity index (χ0n) is 18.6. The van der Waals surface area contributed by atoms with E-state index >= 15 is 0 Å². The molecule has 32 heavy (non-hydrogen) atoms. The largest absolute Gasteiger partial charge is 0.383 e. The van der Waals surface area contributed by atoms with Crippen LogP contribution in [0.15, 0.2) is 36.7 Å². The third-order valence-electron chi connectivity index (χ3n) is 6.49. The van der Waals surface area contributed by atoms with Crippen molar-refractivity contribution in [3.8, 4) is 17.2 Å². The van der Waals surface area contributed by atoms with Crippen molar-refractivity contribution in [1.29, 1.82) is 0 Å². The number of nitrogens with zero attached hydrogens (tertiary/aromatic N) is 6. The number of carbonyl (C=O) groups is 1. The van der Waals surface area contributed by atoms with E-state index in [1.54, 1.807) is 18.0 Å². The van der Waals surface area contributed by atoms with Gasteiger partial charge in [0.1, 0.15) is 0 Å². The number of piperazine rings is 1. The van der Waals surface area contributed by atoms with Gasteiger partial charge in [0.2, 0.25) is 0 Å². The predicted octanol–water partition coefficient (Wildman–Crippen LogP) is 2.14. The van der Waals surface area contributed by atoms with Crippen LogP contribution >= 0.6 is 0 Å². The van der Waals surface area contributed by atoms with Crippen molar-refractivity contribution in [3.63, 3.8) is 0 Å². The summed E-state index contributed by atoms with van der Waals surface area (Å²) in [6.45, 7) is 6.65. The highest BCUT2D eigenvalue weighted by atomic mass is 16.5. The summed E-state index contributed by atoms with van der Waals surface area (Å²) < 4.78 is 6.84. The zero-order chi connectivity index (χ0) is 22.1. The Balaban J connectivity index is 1.37. The van der Waals surface area contributed by atoms with Gasteiger partial charge in [0.25, 0.3) is 11.9 Å². The van der Waals surface area contributed by atoms with E-state index < -0.39 is 0 Å². The van der Waals surface area contributed by atoms with Crippen LogP contribution in [0.3, 0.4) is 0 Å². The van der Waals surface area contributed by atoms with Crippen molar-refractivity contribution in [1.82, 2.24) is 29.5 Å². The van der Waals surface area contributed by atoms with Gasteiger partial charge >= 0.3 is 0 Å². The van der Waals surface area contributed by atoms with Gasteiger partial charge in [0.05, 0.1) is 29.8 Å². The Hall–Kier alpha value is -3.10. The molecule has 0 bridgehead atoms. The van der Waals surface area contributed by atoms with E-state index in [4.69, 9.17) is 9.72 Å². The van der Waals surface area contributed by atoms with Crippen molar-refractivity contribution in [2.45, 2.75) is 19.8 Å². The molecule has 3 heterocycles. The number of ether oxygens (including phenoxy) is 1. The van der Waals surface area contributed by atoms with Gasteiger partial charge < -0.3 is 9.64 Å². The number of benzene rings is 1. The molecule has 1 aliphatic carbocycles. The fourth-order valence-corrected chi connectivity index (χ4v) is 4.54. The number of methoxy groups -OCH3 is 1. The van der Waals surface area contributed by atoms with Crippen LogP contribution in [-0.4, -0.2) is 81.9 Å². The zero-order valence-corrected chi connectivity index (χ0v) is 18.6. The molecule has 0 radical (unpaired) electrons. The average Bonchev–Trinajstić information content (AvgIpc) is 3.23. The molecule has 2 aromatic heterocycles. The minimum Gasteiger partial charge on any atom is -0.383 e. The number of hydrogen-bond donors (Lipinski definition) is 0. The van der Waals surface area contributed by atoms with E-state index in [0.29, 0.717) is 31.2 Å². The molecule has 166 valence electrons. The Bertz CT molecular complexity index is 1130. The Labute approximate surface area is 187 Å². The van der Waals surface area contributed by atoms with Crippen LogP contribution < -0.4 is 0 Å². The Morgan fingerprint density at radius 2 is 1.84 bits per heavy atom. The maximum atomic E-state index is 13.2. The second kappa shape index (κ2) is 8.80. The minimum atomic E-state index is 0.0171. The number of aryl methyl sites for hydroxylation is 2. The molecule has 1 amide bonds. The van der Waals surface area contributed by atoms with Gasteiger partial charge in [0, 0.05) is 51.6 Å². The first-order valence-corrected chi connectivity index (χ1v) is 11.2. The molecule has 0 saturated carbocycles. The summed E-state index contributed by atoms with van der Waals surface area (Å²) >= 11 is 0. The summed E-state index contributed by atoms with van der Waals surface area (Å²) in [5, 5.41) is 4.48. The smallest absolute Gasteiger partial charge is 0.257 e. The Morgan fingerprint density at radius 3 is 2.66 bits per heavy atom. The summed E-state index contributed by atoms with van der Waals surface area (Å²) in [5.41, 5.74) is 5.96. The predicted molar refractivity (Wildman–Crippen MR) is 121 cm³/mol. The Morgan fingerprint density at radius 1 is 1.06 bits per heavy atom. The van der Waals surface area contributed by atoms with E-state index in [9.17, 15) is 4.79 Å². The molecule has 8 nitrogen and oxygen atoms in total. The van der Waals surface area contributed by atoms with E-state index in [1.165, 1.54) is 5.56 Å². The first kappa shape index (κ1) is 20.8. The third kappa shape index (κ3) is 3.80. The van der Waals surface area contributed by atoms with Gasteiger partial charge in [-0.15, -0.1) is 0 Å². The summed E-state index contributed by atoms with van der Waals surface area (Å²) in [7, 11) is 1.71. The van der Waals surface area contributed by atoms with Crippen LogP contribution in [-0.2, 0) is 17.6 Å². The lowest BCUT2D eigenvalue weighted by Gasteiger charge is -2.34.